The molecule has 1 aliphatic rings. The summed E-state index contributed by atoms with van der Waals surface area (Å²) in [5.41, 5.74) is 5.00. The number of benzene rings is 5. The first-order valence-corrected chi connectivity index (χ1v) is 21.9. The summed E-state index contributed by atoms with van der Waals surface area (Å²) in [7, 11) is -3.09. The number of anilines is 1. The Morgan fingerprint density at radius 2 is 1.23 bits per heavy atom. The van der Waals surface area contributed by atoms with E-state index in [9.17, 15) is 14.4 Å². The molecule has 0 spiro atoms. The molecule has 0 aromatic heterocycles. The highest BCUT2D eigenvalue weighted by molar-refractivity contribution is 6.99. The van der Waals surface area contributed by atoms with Gasteiger partial charge in [0.25, 0.3) is 8.32 Å². The van der Waals surface area contributed by atoms with E-state index in [0.717, 1.165) is 32.6 Å². The minimum absolute atomic E-state index is 0.0941. The first kappa shape index (κ1) is 43.0. The fourth-order valence-electron chi connectivity index (χ4n) is 7.42. The molecular formula is C50H51N3O6Si. The number of rotatable bonds is 11. The molecule has 0 bridgehead atoms. The highest BCUT2D eigenvalue weighted by Gasteiger charge is 2.50. The molecule has 3 amide bonds. The molecule has 306 valence electrons. The SMILES string of the molecule is CC(C)(C)OC(=O)NCC#CC#Cc1ccc(NC(=O)[C@H](CO[Si](c2ccccc2)(c2ccccc2)C(C)(C)C)NC(=O)OCC2c3ccccc3-c3ccccc32)cc1. The fraction of sp³-hybridized carbons (Fsp3) is 0.260. The van der Waals surface area contributed by atoms with Crippen LogP contribution < -0.4 is 26.3 Å². The minimum Gasteiger partial charge on any atom is -0.449 e. The Labute approximate surface area is 354 Å². The normalized spacial score (nSPS) is 12.6. The third-order valence-electron chi connectivity index (χ3n) is 10.1. The lowest BCUT2D eigenvalue weighted by Crippen LogP contribution is -2.67. The Balaban J connectivity index is 1.20. The predicted octanol–water partition coefficient (Wildman–Crippen LogP) is 7.99. The number of hydrogen-bond acceptors (Lipinski definition) is 6. The molecule has 3 N–H and O–H groups in total. The standard InChI is InChI=1S/C50H51N3O6Si/c1-49(2,3)59-47(55)51-33-19-9-10-20-36-29-31-37(32-30-36)52-46(54)45(35-58-60(50(4,5)6,38-21-11-7-12-22-38)39-23-13-8-14-24-39)53-48(56)57-34-44-42-27-17-15-25-40(42)41-26-16-18-28-43(41)44/h7-8,11-18,21-32,44-45H,33-35H2,1-6H3,(H,51,55)(H,52,54)(H,53,56)/t45-/m0/s1. The van der Waals surface area contributed by atoms with Crippen molar-refractivity contribution in [2.24, 2.45) is 0 Å². The Bertz CT molecular complexity index is 2330. The maximum absolute atomic E-state index is 14.2. The topological polar surface area (TPSA) is 115 Å². The highest BCUT2D eigenvalue weighted by atomic mass is 28.4. The van der Waals surface area contributed by atoms with Crippen LogP contribution in [0, 0.1) is 23.7 Å². The number of amides is 3. The quantitative estimate of drug-likeness (QED) is 0.0921. The Morgan fingerprint density at radius 3 is 1.78 bits per heavy atom. The summed E-state index contributed by atoms with van der Waals surface area (Å²) in [6.07, 6.45) is -1.27. The lowest BCUT2D eigenvalue weighted by Gasteiger charge is -2.43. The van der Waals surface area contributed by atoms with Crippen molar-refractivity contribution in [1.29, 1.82) is 0 Å². The van der Waals surface area contributed by atoms with E-state index in [-0.39, 0.29) is 30.7 Å². The first-order chi connectivity index (χ1) is 28.7. The first-order valence-electron chi connectivity index (χ1n) is 20.0. The van der Waals surface area contributed by atoms with Gasteiger partial charge in [0.05, 0.1) is 13.2 Å². The maximum Gasteiger partial charge on any atom is 0.408 e. The molecule has 60 heavy (non-hydrogen) atoms. The van der Waals surface area contributed by atoms with E-state index in [0.29, 0.717) is 11.3 Å². The number of ether oxygens (including phenoxy) is 2. The summed E-state index contributed by atoms with van der Waals surface area (Å²) >= 11 is 0. The third-order valence-corrected chi connectivity index (χ3v) is 15.1. The molecule has 5 aromatic carbocycles. The summed E-state index contributed by atoms with van der Waals surface area (Å²) in [6, 6.07) is 42.4. The number of nitrogens with one attached hydrogen (secondary N) is 3. The number of carbonyl (C=O) groups is 3. The molecule has 0 heterocycles. The largest absolute Gasteiger partial charge is 0.449 e. The highest BCUT2D eigenvalue weighted by Crippen LogP contribution is 2.44. The van der Waals surface area contributed by atoms with E-state index in [1.165, 1.54) is 0 Å². The molecule has 0 fully saturated rings. The summed E-state index contributed by atoms with van der Waals surface area (Å²) in [6.45, 7) is 11.9. The summed E-state index contributed by atoms with van der Waals surface area (Å²) < 4.78 is 18.3. The summed E-state index contributed by atoms with van der Waals surface area (Å²) in [5, 5.41) is 10.1. The number of alkyl carbamates (subject to hydrolysis) is 2. The molecule has 9 nitrogen and oxygen atoms in total. The van der Waals surface area contributed by atoms with Crippen LogP contribution in [0.5, 0.6) is 0 Å². The zero-order chi connectivity index (χ0) is 42.8. The number of carbonyl (C=O) groups excluding carboxylic acids is 3. The molecule has 0 aliphatic heterocycles. The van der Waals surface area contributed by atoms with Gasteiger partial charge < -0.3 is 29.9 Å². The van der Waals surface area contributed by atoms with Crippen LogP contribution >= 0.6 is 0 Å². The Hall–Kier alpha value is -6.59. The van der Waals surface area contributed by atoms with Gasteiger partial charge >= 0.3 is 12.2 Å². The molecule has 1 aliphatic carbocycles. The van der Waals surface area contributed by atoms with E-state index in [1.54, 1.807) is 45.0 Å². The number of fused-ring (bicyclic) bond motifs is 3. The second-order valence-electron chi connectivity index (χ2n) is 16.5. The molecular weight excluding hydrogens is 767 g/mol. The van der Waals surface area contributed by atoms with E-state index in [4.69, 9.17) is 13.9 Å². The van der Waals surface area contributed by atoms with Crippen LogP contribution in [0.25, 0.3) is 11.1 Å². The second-order valence-corrected chi connectivity index (χ2v) is 20.8. The van der Waals surface area contributed by atoms with Gasteiger partial charge in [-0.05, 0) is 94.5 Å². The van der Waals surface area contributed by atoms with E-state index >= 15 is 0 Å². The third kappa shape index (κ3) is 10.5. The van der Waals surface area contributed by atoms with E-state index < -0.39 is 38.1 Å². The van der Waals surface area contributed by atoms with Crippen molar-refractivity contribution >= 4 is 42.5 Å². The second kappa shape index (κ2) is 19.0. The monoisotopic (exact) mass is 817 g/mol. The van der Waals surface area contributed by atoms with Crippen molar-refractivity contribution in [3.8, 4) is 34.8 Å². The Morgan fingerprint density at radius 1 is 0.683 bits per heavy atom. The van der Waals surface area contributed by atoms with Crippen molar-refractivity contribution in [2.45, 2.75) is 64.1 Å². The van der Waals surface area contributed by atoms with Crippen LogP contribution in [-0.2, 0) is 18.7 Å². The molecule has 5 aromatic rings. The van der Waals surface area contributed by atoms with Crippen LogP contribution in [0.3, 0.4) is 0 Å². The van der Waals surface area contributed by atoms with Crippen molar-refractivity contribution in [3.05, 3.63) is 150 Å². The average molecular weight is 818 g/mol. The van der Waals surface area contributed by atoms with Gasteiger partial charge in [-0.1, -0.05) is 142 Å². The molecule has 0 radical (unpaired) electrons. The van der Waals surface area contributed by atoms with Crippen LogP contribution in [0.15, 0.2) is 133 Å². The molecule has 1 atom stereocenters. The summed E-state index contributed by atoms with van der Waals surface area (Å²) in [5.74, 6) is 10.6. The van der Waals surface area contributed by atoms with Crippen LogP contribution in [0.2, 0.25) is 5.04 Å². The van der Waals surface area contributed by atoms with Gasteiger partial charge in [-0.2, -0.15) is 0 Å². The van der Waals surface area contributed by atoms with Gasteiger partial charge in [0, 0.05) is 17.2 Å². The van der Waals surface area contributed by atoms with Gasteiger partial charge in [0.2, 0.25) is 5.91 Å². The zero-order valence-electron chi connectivity index (χ0n) is 34.9. The van der Waals surface area contributed by atoms with E-state index in [2.05, 4.69) is 109 Å². The lowest BCUT2D eigenvalue weighted by molar-refractivity contribution is -0.118. The van der Waals surface area contributed by atoms with Crippen molar-refractivity contribution in [3.63, 3.8) is 0 Å². The van der Waals surface area contributed by atoms with Crippen molar-refractivity contribution in [2.75, 3.05) is 25.1 Å². The van der Waals surface area contributed by atoms with E-state index in [1.807, 2.05) is 60.7 Å². The molecule has 10 heteroatoms. The molecule has 6 rings (SSSR count). The number of hydrogen-bond donors (Lipinski definition) is 3. The van der Waals surface area contributed by atoms with Crippen LogP contribution in [-0.4, -0.2) is 57.8 Å². The minimum atomic E-state index is -3.09. The van der Waals surface area contributed by atoms with Crippen LogP contribution in [0.4, 0.5) is 15.3 Å². The van der Waals surface area contributed by atoms with Gasteiger partial charge in [-0.15, -0.1) is 0 Å². The van der Waals surface area contributed by atoms with Crippen LogP contribution in [0.1, 0.15) is 64.2 Å². The summed E-state index contributed by atoms with van der Waals surface area (Å²) in [4.78, 5) is 39.8. The Kier molecular flexibility index (Phi) is 13.6. The lowest BCUT2D eigenvalue weighted by atomic mass is 9.98. The van der Waals surface area contributed by atoms with Gasteiger partial charge in [-0.3, -0.25) is 4.79 Å². The maximum atomic E-state index is 14.2. The fourth-order valence-corrected chi connectivity index (χ4v) is 12.0. The predicted molar refractivity (Wildman–Crippen MR) is 240 cm³/mol. The molecule has 0 saturated carbocycles. The van der Waals surface area contributed by atoms with Gasteiger partial charge in [-0.25, -0.2) is 9.59 Å². The average Bonchev–Trinajstić information content (AvgIpc) is 3.54. The zero-order valence-corrected chi connectivity index (χ0v) is 35.9. The molecule has 0 unspecified atom stereocenters. The smallest absolute Gasteiger partial charge is 0.408 e. The van der Waals surface area contributed by atoms with Crippen molar-refractivity contribution in [1.82, 2.24) is 10.6 Å². The van der Waals surface area contributed by atoms with Gasteiger partial charge in [0.15, 0.2) is 0 Å². The molecule has 0 saturated heterocycles. The van der Waals surface area contributed by atoms with Gasteiger partial charge in [0.1, 0.15) is 18.2 Å². The van der Waals surface area contributed by atoms with Crippen molar-refractivity contribution < 1.29 is 28.3 Å².